The van der Waals surface area contributed by atoms with E-state index < -0.39 is 0 Å². The molecule has 0 spiro atoms. The first-order valence-electron chi connectivity index (χ1n) is 7.71. The van der Waals surface area contributed by atoms with Gasteiger partial charge >= 0.3 is 39.8 Å². The molecule has 0 saturated heterocycles. The molecule has 0 fully saturated rings. The second-order valence-electron chi connectivity index (χ2n) is 4.61. The van der Waals surface area contributed by atoms with Crippen molar-refractivity contribution < 1.29 is 19.1 Å². The Morgan fingerprint density at radius 3 is 1.31 bits per heavy atom. The molecule has 0 aliphatic heterocycles. The van der Waals surface area contributed by atoms with Crippen LogP contribution in [0.4, 0.5) is 0 Å². The van der Waals surface area contributed by atoms with Gasteiger partial charge in [-0.2, -0.15) is 25.3 Å². The zero-order valence-corrected chi connectivity index (χ0v) is 18.9. The third kappa shape index (κ3) is 13.1. The van der Waals surface area contributed by atoms with Gasteiger partial charge in [-0.1, -0.05) is 60.7 Å². The Kier molecular flexibility index (Phi) is 16.6. The van der Waals surface area contributed by atoms with Gasteiger partial charge in [0.2, 0.25) is 0 Å². The molecular formula is C19H23O4S2Sb. The molecule has 0 heterocycles. The molecule has 0 unspecified atom stereocenters. The van der Waals surface area contributed by atoms with Crippen LogP contribution in [0.1, 0.15) is 11.1 Å². The summed E-state index contributed by atoms with van der Waals surface area (Å²) in [6, 6.07) is 19.1. The van der Waals surface area contributed by atoms with Crippen molar-refractivity contribution in [2.24, 2.45) is 0 Å². The zero-order valence-electron chi connectivity index (χ0n) is 14.6. The van der Waals surface area contributed by atoms with Crippen LogP contribution in [0.15, 0.2) is 60.7 Å². The molecule has 7 heteroatoms. The maximum absolute atomic E-state index is 10.7. The van der Waals surface area contributed by atoms with E-state index in [-0.39, 0.29) is 23.4 Å². The Balaban J connectivity index is 0.000000439. The van der Waals surface area contributed by atoms with Crippen LogP contribution in [-0.2, 0) is 32.3 Å². The first kappa shape index (κ1) is 24.9. The van der Waals surface area contributed by atoms with Crippen LogP contribution in [0.25, 0.3) is 0 Å². The third-order valence-electron chi connectivity index (χ3n) is 2.74. The maximum atomic E-state index is 10.7. The van der Waals surface area contributed by atoms with Crippen LogP contribution in [0, 0.1) is 0 Å². The quantitative estimate of drug-likeness (QED) is 0.362. The average Bonchev–Trinajstić information content (AvgIpc) is 2.73. The molecule has 4 nitrogen and oxygen atoms in total. The van der Waals surface area contributed by atoms with Gasteiger partial charge in [-0.3, -0.25) is 9.59 Å². The molecule has 0 bridgehead atoms. The van der Waals surface area contributed by atoms with E-state index in [1.807, 2.05) is 60.7 Å². The van der Waals surface area contributed by atoms with Gasteiger partial charge in [0.25, 0.3) is 0 Å². The van der Waals surface area contributed by atoms with E-state index in [0.717, 1.165) is 11.1 Å². The first-order chi connectivity index (χ1) is 12.7. The second-order valence-corrected chi connectivity index (χ2v) is 5.24. The monoisotopic (exact) mass is 500 g/mol. The van der Waals surface area contributed by atoms with Gasteiger partial charge < -0.3 is 9.47 Å². The van der Waals surface area contributed by atoms with Crippen molar-refractivity contribution in [2.75, 3.05) is 11.5 Å². The van der Waals surface area contributed by atoms with E-state index >= 15 is 0 Å². The third-order valence-corrected chi connectivity index (χ3v) is 3.26. The van der Waals surface area contributed by atoms with E-state index in [4.69, 9.17) is 9.47 Å². The Morgan fingerprint density at radius 1 is 0.731 bits per heavy atom. The summed E-state index contributed by atoms with van der Waals surface area (Å²) in [5.74, 6) is -0.316. The number of carbonyl (C=O) groups is 2. The van der Waals surface area contributed by atoms with E-state index in [9.17, 15) is 9.59 Å². The van der Waals surface area contributed by atoms with Gasteiger partial charge in [0, 0.05) is 0 Å². The number of hydrogen-bond acceptors (Lipinski definition) is 6. The van der Waals surface area contributed by atoms with E-state index in [2.05, 4.69) is 30.1 Å². The summed E-state index contributed by atoms with van der Waals surface area (Å²) in [6.45, 7) is 0.667. The molecular weight excluding hydrogens is 478 g/mol. The summed E-state index contributed by atoms with van der Waals surface area (Å²) >= 11 is 9.32. The van der Waals surface area contributed by atoms with Crippen LogP contribution >= 0.6 is 25.3 Å². The summed E-state index contributed by atoms with van der Waals surface area (Å²) in [4.78, 5) is 23.4. The van der Waals surface area contributed by atoms with Crippen molar-refractivity contribution in [3.63, 3.8) is 0 Å². The molecule has 0 N–H and O–H groups in total. The molecule has 140 valence electrons. The van der Waals surface area contributed by atoms with Crippen molar-refractivity contribution in [3.05, 3.63) is 71.8 Å². The van der Waals surface area contributed by atoms with Crippen molar-refractivity contribution in [2.45, 2.75) is 18.1 Å². The van der Waals surface area contributed by atoms with Gasteiger partial charge in [0.15, 0.2) is 0 Å². The van der Waals surface area contributed by atoms with Crippen LogP contribution in [0.3, 0.4) is 0 Å². The molecule has 2 aromatic rings. The molecule has 26 heavy (non-hydrogen) atoms. The summed E-state index contributed by atoms with van der Waals surface area (Å²) in [6.07, 6.45) is 0. The Hall–Kier alpha value is -1.10. The Bertz CT molecular complexity index is 554. The van der Waals surface area contributed by atoms with Crippen molar-refractivity contribution in [3.8, 4) is 0 Å². The summed E-state index contributed by atoms with van der Waals surface area (Å²) in [5, 5.41) is 0. The molecule has 2 aromatic carbocycles. The molecule has 2 radical (unpaired) electrons. The SMILES string of the molecule is O=C(CS)OCc1ccccc1.O=C(CS)OCc1ccccc1.[CH3][Sb]. The predicted molar refractivity (Wildman–Crippen MR) is 112 cm³/mol. The van der Waals surface area contributed by atoms with Crippen molar-refractivity contribution in [1.29, 1.82) is 0 Å². The number of benzene rings is 2. The predicted octanol–water partition coefficient (Wildman–Crippen LogP) is 3.52. The average molecular weight is 501 g/mol. The van der Waals surface area contributed by atoms with Gasteiger partial charge in [0.1, 0.15) is 13.2 Å². The van der Waals surface area contributed by atoms with Gasteiger partial charge in [-0.15, -0.1) is 0 Å². The number of ether oxygens (including phenoxy) is 2. The number of carbonyl (C=O) groups excluding carboxylic acids is 2. The van der Waals surface area contributed by atoms with Crippen LogP contribution < -0.4 is 0 Å². The standard InChI is InChI=1S/2C9H10O2S.CH3.Sb/c2*10-9(7-12)11-6-8-4-2-1-3-5-8;;/h2*1-5,12H,6-7H2;1H3;. The fourth-order valence-corrected chi connectivity index (χ4v) is 1.75. The fourth-order valence-electron chi connectivity index (χ4n) is 1.57. The van der Waals surface area contributed by atoms with Crippen LogP contribution in [0.2, 0.25) is 4.87 Å². The topological polar surface area (TPSA) is 52.6 Å². The van der Waals surface area contributed by atoms with Crippen LogP contribution in [-0.4, -0.2) is 46.5 Å². The van der Waals surface area contributed by atoms with E-state index in [1.54, 1.807) is 23.0 Å². The molecule has 0 aliphatic carbocycles. The minimum absolute atomic E-state index is 0.132. The summed E-state index contributed by atoms with van der Waals surface area (Å²) < 4.78 is 9.72. The van der Waals surface area contributed by atoms with Gasteiger partial charge in [-0.05, 0) is 11.1 Å². The second kappa shape index (κ2) is 17.3. The van der Waals surface area contributed by atoms with Crippen molar-refractivity contribution in [1.82, 2.24) is 0 Å². The summed E-state index contributed by atoms with van der Waals surface area (Å²) in [5.41, 5.74) is 1.99. The number of thiol groups is 2. The zero-order chi connectivity index (χ0) is 19.6. The number of rotatable bonds is 6. The van der Waals surface area contributed by atoms with E-state index in [1.165, 1.54) is 0 Å². The molecule has 0 aromatic heterocycles. The molecule has 0 aliphatic rings. The molecule has 0 atom stereocenters. The molecule has 2 rings (SSSR count). The van der Waals surface area contributed by atoms with E-state index in [0.29, 0.717) is 13.2 Å². The number of esters is 2. The molecule has 0 saturated carbocycles. The normalized spacial score (nSPS) is 8.92. The Labute approximate surface area is 180 Å². The fraction of sp³-hybridized carbons (Fsp3) is 0.263. The first-order valence-corrected chi connectivity index (χ1v) is 11.5. The molecule has 0 amide bonds. The number of hydrogen-bond donors (Lipinski definition) is 2. The van der Waals surface area contributed by atoms with Gasteiger partial charge in [0.05, 0.1) is 11.5 Å². The minimum atomic E-state index is -0.290. The van der Waals surface area contributed by atoms with Crippen LogP contribution in [0.5, 0.6) is 0 Å². The Morgan fingerprint density at radius 2 is 1.04 bits per heavy atom. The van der Waals surface area contributed by atoms with Gasteiger partial charge in [-0.25, -0.2) is 0 Å². The summed E-state index contributed by atoms with van der Waals surface area (Å²) in [7, 11) is 0. The van der Waals surface area contributed by atoms with Crippen molar-refractivity contribution >= 4 is 60.2 Å².